The zero-order chi connectivity index (χ0) is 17.6. The Morgan fingerprint density at radius 2 is 1.92 bits per heavy atom. The van der Waals surface area contributed by atoms with Crippen molar-refractivity contribution in [1.82, 2.24) is 10.0 Å². The molecule has 0 atom stereocenters. The highest BCUT2D eigenvalue weighted by Crippen LogP contribution is 2.16. The highest BCUT2D eigenvalue weighted by Gasteiger charge is 2.15. The topological polar surface area (TPSA) is 97.6 Å². The Hall–Kier alpha value is -2.32. The second-order valence-electron chi connectivity index (χ2n) is 5.32. The number of benzene rings is 1. The summed E-state index contributed by atoms with van der Waals surface area (Å²) in [5.41, 5.74) is 0. The van der Waals surface area contributed by atoms with Crippen molar-refractivity contribution in [3.05, 3.63) is 48.4 Å². The van der Waals surface area contributed by atoms with Gasteiger partial charge in [0.05, 0.1) is 30.4 Å². The van der Waals surface area contributed by atoms with Gasteiger partial charge in [0, 0.05) is 0 Å². The Labute approximate surface area is 141 Å². The Morgan fingerprint density at radius 3 is 2.50 bits per heavy atom. The smallest absolute Gasteiger partial charge is 0.241 e. The molecule has 0 saturated heterocycles. The normalized spacial score (nSPS) is 11.5. The molecule has 0 unspecified atom stereocenters. The number of carbonyl (C=O) groups excluding carboxylic acids is 1. The van der Waals surface area contributed by atoms with Crippen LogP contribution in [0.3, 0.4) is 0 Å². The molecule has 1 amide bonds. The van der Waals surface area contributed by atoms with E-state index in [0.29, 0.717) is 11.5 Å². The molecule has 130 valence electrons. The quantitative estimate of drug-likeness (QED) is 0.753. The molecule has 1 aromatic carbocycles. The first-order valence-corrected chi connectivity index (χ1v) is 8.90. The van der Waals surface area contributed by atoms with Crippen molar-refractivity contribution < 1.29 is 22.4 Å². The van der Waals surface area contributed by atoms with Gasteiger partial charge < -0.3 is 14.5 Å². The molecule has 1 aromatic heterocycles. The van der Waals surface area contributed by atoms with Crippen molar-refractivity contribution in [3.8, 4) is 5.75 Å². The molecule has 0 aliphatic carbocycles. The van der Waals surface area contributed by atoms with E-state index in [9.17, 15) is 13.2 Å². The van der Waals surface area contributed by atoms with Gasteiger partial charge in [-0.2, -0.15) is 0 Å². The van der Waals surface area contributed by atoms with Crippen LogP contribution in [0.15, 0.2) is 52.0 Å². The van der Waals surface area contributed by atoms with Gasteiger partial charge in [-0.15, -0.1) is 0 Å². The molecule has 2 aromatic rings. The average molecular weight is 352 g/mol. The van der Waals surface area contributed by atoms with Crippen LogP contribution in [0.2, 0.25) is 0 Å². The van der Waals surface area contributed by atoms with Crippen molar-refractivity contribution in [2.24, 2.45) is 0 Å². The number of sulfonamides is 1. The number of furan rings is 1. The molecule has 24 heavy (non-hydrogen) atoms. The summed E-state index contributed by atoms with van der Waals surface area (Å²) < 4.78 is 37.1. The zero-order valence-corrected chi connectivity index (χ0v) is 14.3. The largest absolute Gasteiger partial charge is 0.491 e. The maximum absolute atomic E-state index is 12.2. The van der Waals surface area contributed by atoms with Crippen molar-refractivity contribution in [2.45, 2.75) is 31.4 Å². The molecular formula is C16H20N2O5S. The highest BCUT2D eigenvalue weighted by atomic mass is 32.2. The summed E-state index contributed by atoms with van der Waals surface area (Å²) in [5, 5.41) is 2.56. The van der Waals surface area contributed by atoms with Crippen molar-refractivity contribution in [1.29, 1.82) is 0 Å². The second kappa shape index (κ2) is 7.98. The van der Waals surface area contributed by atoms with Gasteiger partial charge in [-0.25, -0.2) is 13.1 Å². The van der Waals surface area contributed by atoms with E-state index in [1.165, 1.54) is 18.4 Å². The number of nitrogens with one attached hydrogen (secondary N) is 2. The molecule has 0 saturated carbocycles. The Kier molecular flexibility index (Phi) is 5.99. The van der Waals surface area contributed by atoms with Crippen LogP contribution in [0, 0.1) is 0 Å². The van der Waals surface area contributed by atoms with Gasteiger partial charge >= 0.3 is 0 Å². The van der Waals surface area contributed by atoms with Crippen LogP contribution < -0.4 is 14.8 Å². The first-order chi connectivity index (χ1) is 11.4. The SMILES string of the molecule is CC(C)Oc1ccc(S(=O)(=O)NCC(=O)NCc2ccco2)cc1. The van der Waals surface area contributed by atoms with Crippen molar-refractivity contribution in [2.75, 3.05) is 6.54 Å². The van der Waals surface area contributed by atoms with E-state index >= 15 is 0 Å². The molecule has 1 heterocycles. The predicted octanol–water partition coefficient (Wildman–Crippen LogP) is 1.66. The van der Waals surface area contributed by atoms with E-state index in [2.05, 4.69) is 10.0 Å². The monoisotopic (exact) mass is 352 g/mol. The summed E-state index contributed by atoms with van der Waals surface area (Å²) in [6.07, 6.45) is 1.50. The average Bonchev–Trinajstić information content (AvgIpc) is 3.04. The summed E-state index contributed by atoms with van der Waals surface area (Å²) in [7, 11) is -3.76. The standard InChI is InChI=1S/C16H20N2O5S/c1-12(2)23-13-5-7-15(8-6-13)24(20,21)18-11-16(19)17-10-14-4-3-9-22-14/h3-9,12,18H,10-11H2,1-2H3,(H,17,19). The minimum atomic E-state index is -3.76. The Bertz CT molecular complexity index is 752. The molecule has 0 spiro atoms. The Morgan fingerprint density at radius 1 is 1.21 bits per heavy atom. The summed E-state index contributed by atoms with van der Waals surface area (Å²) in [4.78, 5) is 11.8. The van der Waals surface area contributed by atoms with E-state index in [0.717, 1.165) is 0 Å². The van der Waals surface area contributed by atoms with Gasteiger partial charge in [-0.05, 0) is 50.2 Å². The molecule has 2 rings (SSSR count). The van der Waals surface area contributed by atoms with E-state index in [4.69, 9.17) is 9.15 Å². The maximum Gasteiger partial charge on any atom is 0.241 e. The van der Waals surface area contributed by atoms with E-state index < -0.39 is 15.9 Å². The summed E-state index contributed by atoms with van der Waals surface area (Å²) in [6, 6.07) is 9.43. The van der Waals surface area contributed by atoms with Gasteiger partial charge in [0.2, 0.25) is 15.9 Å². The number of amides is 1. The van der Waals surface area contributed by atoms with Gasteiger partial charge in [0.15, 0.2) is 0 Å². The molecule has 0 aliphatic heterocycles. The van der Waals surface area contributed by atoms with E-state index in [1.54, 1.807) is 24.3 Å². The molecule has 0 radical (unpaired) electrons. The molecular weight excluding hydrogens is 332 g/mol. The lowest BCUT2D eigenvalue weighted by Crippen LogP contribution is -2.36. The van der Waals surface area contributed by atoms with Gasteiger partial charge in [-0.3, -0.25) is 4.79 Å². The lowest BCUT2D eigenvalue weighted by Gasteiger charge is -2.11. The first kappa shape index (κ1) is 18.0. The van der Waals surface area contributed by atoms with Crippen LogP contribution in [-0.2, 0) is 21.4 Å². The fraction of sp³-hybridized carbons (Fsp3) is 0.312. The molecule has 7 nitrogen and oxygen atoms in total. The Balaban J connectivity index is 1.87. The number of rotatable bonds is 8. The second-order valence-corrected chi connectivity index (χ2v) is 7.09. The van der Waals surface area contributed by atoms with E-state index in [1.807, 2.05) is 13.8 Å². The maximum atomic E-state index is 12.2. The van der Waals surface area contributed by atoms with Gasteiger partial charge in [0.25, 0.3) is 0 Å². The minimum absolute atomic E-state index is 0.00318. The van der Waals surface area contributed by atoms with Crippen LogP contribution in [-0.4, -0.2) is 27.0 Å². The van der Waals surface area contributed by atoms with E-state index in [-0.39, 0.29) is 24.1 Å². The van der Waals surface area contributed by atoms with Gasteiger partial charge in [0.1, 0.15) is 11.5 Å². The first-order valence-electron chi connectivity index (χ1n) is 7.42. The van der Waals surface area contributed by atoms with Crippen LogP contribution in [0.25, 0.3) is 0 Å². The molecule has 2 N–H and O–H groups in total. The lowest BCUT2D eigenvalue weighted by molar-refractivity contribution is -0.120. The highest BCUT2D eigenvalue weighted by molar-refractivity contribution is 7.89. The fourth-order valence-corrected chi connectivity index (χ4v) is 2.86. The summed E-state index contributed by atoms with van der Waals surface area (Å²) in [6.45, 7) is 3.61. The van der Waals surface area contributed by atoms with Crippen LogP contribution in [0.1, 0.15) is 19.6 Å². The third kappa shape index (κ3) is 5.39. The number of hydrogen-bond donors (Lipinski definition) is 2. The summed E-state index contributed by atoms with van der Waals surface area (Å²) >= 11 is 0. The minimum Gasteiger partial charge on any atom is -0.491 e. The number of ether oxygens (including phenoxy) is 1. The molecule has 0 fully saturated rings. The van der Waals surface area contributed by atoms with Gasteiger partial charge in [-0.1, -0.05) is 0 Å². The van der Waals surface area contributed by atoms with Crippen LogP contribution in [0.5, 0.6) is 5.75 Å². The summed E-state index contributed by atoms with van der Waals surface area (Å²) in [5.74, 6) is 0.724. The van der Waals surface area contributed by atoms with Crippen LogP contribution >= 0.6 is 0 Å². The lowest BCUT2D eigenvalue weighted by atomic mass is 10.3. The molecule has 8 heteroatoms. The predicted molar refractivity (Wildman–Crippen MR) is 87.9 cm³/mol. The molecule has 0 aliphatic rings. The molecule has 0 bridgehead atoms. The van der Waals surface area contributed by atoms with Crippen molar-refractivity contribution in [3.63, 3.8) is 0 Å². The number of carbonyl (C=O) groups is 1. The third-order valence-electron chi connectivity index (χ3n) is 2.97. The van der Waals surface area contributed by atoms with Crippen molar-refractivity contribution >= 4 is 15.9 Å². The zero-order valence-electron chi connectivity index (χ0n) is 13.5. The number of hydrogen-bond acceptors (Lipinski definition) is 5. The van der Waals surface area contributed by atoms with Crippen LogP contribution in [0.4, 0.5) is 0 Å². The fourth-order valence-electron chi connectivity index (χ4n) is 1.87. The third-order valence-corrected chi connectivity index (χ3v) is 4.39.